The van der Waals surface area contributed by atoms with E-state index in [0.29, 0.717) is 0 Å². The molecule has 24 heavy (non-hydrogen) atoms. The van der Waals surface area contributed by atoms with E-state index < -0.39 is 0 Å². The first-order valence-electron chi connectivity index (χ1n) is 9.65. The summed E-state index contributed by atoms with van der Waals surface area (Å²) >= 11 is 0.269. The molecule has 1 heterocycles. The molecule has 2 rings (SSSR count). The molecule has 2 unspecified atom stereocenters. The van der Waals surface area contributed by atoms with Gasteiger partial charge in [-0.05, 0) is 6.42 Å². The summed E-state index contributed by atoms with van der Waals surface area (Å²) in [4.78, 5) is 5.08. The quantitative estimate of drug-likeness (QED) is 0.150. The van der Waals surface area contributed by atoms with Gasteiger partial charge in [0.2, 0.25) is 0 Å². The van der Waals surface area contributed by atoms with E-state index in [1.165, 1.54) is 36.9 Å². The van der Waals surface area contributed by atoms with Crippen LogP contribution in [-0.4, -0.2) is 73.6 Å². The van der Waals surface area contributed by atoms with Gasteiger partial charge in [0.05, 0.1) is 0 Å². The van der Waals surface area contributed by atoms with E-state index >= 15 is 0 Å². The fourth-order valence-electron chi connectivity index (χ4n) is 3.82. The van der Waals surface area contributed by atoms with Crippen LogP contribution in [0.3, 0.4) is 0 Å². The summed E-state index contributed by atoms with van der Waals surface area (Å²) in [6, 6.07) is 0.825. The minimum atomic E-state index is 0.269. The van der Waals surface area contributed by atoms with Crippen LogP contribution >= 0.6 is 0 Å². The average molecular weight is 449 g/mol. The Bertz CT molecular complexity index is 370. The third-order valence-corrected chi connectivity index (χ3v) is 8.27. The predicted octanol–water partition coefficient (Wildman–Crippen LogP) is -1.35. The SMILES string of the molecule is CC1CC=C[C@@H](C)[C@@H]1CN(C)CCNCCN(C)C1CCN[I-]C1. The molecule has 5 heteroatoms. The minimum absolute atomic E-state index is 0.269. The summed E-state index contributed by atoms with van der Waals surface area (Å²) in [6.07, 6.45) is 7.36. The van der Waals surface area contributed by atoms with Gasteiger partial charge in [0.15, 0.2) is 0 Å². The van der Waals surface area contributed by atoms with Gasteiger partial charge in [-0.2, -0.15) is 0 Å². The number of hydrogen-bond acceptors (Lipinski definition) is 4. The number of likely N-dealkylation sites (N-methyl/N-ethyl adjacent to an activating group) is 2. The van der Waals surface area contributed by atoms with Gasteiger partial charge in [-0.15, -0.1) is 0 Å². The van der Waals surface area contributed by atoms with Crippen LogP contribution in [0.5, 0.6) is 0 Å². The van der Waals surface area contributed by atoms with Crippen molar-refractivity contribution >= 4 is 0 Å². The average Bonchev–Trinajstić information content (AvgIpc) is 2.58. The molecular weight excluding hydrogens is 411 g/mol. The van der Waals surface area contributed by atoms with Crippen LogP contribution in [0.15, 0.2) is 12.2 Å². The Kier molecular flexibility index (Phi) is 9.55. The Morgan fingerprint density at radius 1 is 1.21 bits per heavy atom. The molecule has 4 nitrogen and oxygen atoms in total. The zero-order valence-corrected chi connectivity index (χ0v) is 18.3. The number of halogens is 1. The molecule has 4 atom stereocenters. The zero-order chi connectivity index (χ0) is 17.4. The van der Waals surface area contributed by atoms with Gasteiger partial charge in [-0.3, -0.25) is 0 Å². The second-order valence-corrected chi connectivity index (χ2v) is 10.2. The first kappa shape index (κ1) is 20.6. The topological polar surface area (TPSA) is 30.5 Å². The maximum atomic E-state index is 3.64. The Morgan fingerprint density at radius 2 is 2.00 bits per heavy atom. The van der Waals surface area contributed by atoms with Crippen LogP contribution in [0.1, 0.15) is 26.7 Å². The van der Waals surface area contributed by atoms with E-state index in [-0.39, 0.29) is 21.5 Å². The summed E-state index contributed by atoms with van der Waals surface area (Å²) in [5.41, 5.74) is 0. The van der Waals surface area contributed by atoms with Crippen LogP contribution < -0.4 is 30.3 Å². The van der Waals surface area contributed by atoms with E-state index in [1.54, 1.807) is 0 Å². The Hall–Kier alpha value is 0.310. The molecule has 0 bridgehead atoms. The predicted molar refractivity (Wildman–Crippen MR) is 99.8 cm³/mol. The Balaban J connectivity index is 1.54. The second kappa shape index (κ2) is 11.1. The molecule has 0 aromatic heterocycles. The molecule has 0 radical (unpaired) electrons. The van der Waals surface area contributed by atoms with Crippen molar-refractivity contribution < 1.29 is 21.5 Å². The Labute approximate surface area is 160 Å². The molecule has 0 amide bonds. The van der Waals surface area contributed by atoms with Crippen LogP contribution in [0.4, 0.5) is 0 Å². The third-order valence-electron chi connectivity index (χ3n) is 5.73. The molecule has 2 N–H and O–H groups in total. The molecular formula is C19H38IN4-. The van der Waals surface area contributed by atoms with Crippen LogP contribution in [0.25, 0.3) is 0 Å². The van der Waals surface area contributed by atoms with Crippen LogP contribution in [0, 0.1) is 17.8 Å². The second-order valence-electron chi connectivity index (χ2n) is 7.77. The van der Waals surface area contributed by atoms with Gasteiger partial charge in [-0.25, -0.2) is 0 Å². The van der Waals surface area contributed by atoms with E-state index in [2.05, 4.69) is 58.7 Å². The molecule has 0 spiro atoms. The summed E-state index contributed by atoms with van der Waals surface area (Å²) in [7, 11) is 4.58. The Morgan fingerprint density at radius 3 is 2.71 bits per heavy atom. The first-order valence-corrected chi connectivity index (χ1v) is 12.3. The van der Waals surface area contributed by atoms with Crippen molar-refractivity contribution in [1.29, 1.82) is 0 Å². The van der Waals surface area contributed by atoms with Crippen molar-refractivity contribution in [3.63, 3.8) is 0 Å². The molecule has 1 aliphatic carbocycles. The van der Waals surface area contributed by atoms with Gasteiger partial charge >= 0.3 is 128 Å². The summed E-state index contributed by atoms with van der Waals surface area (Å²) in [5, 5.41) is 3.64. The van der Waals surface area contributed by atoms with Gasteiger partial charge in [0.1, 0.15) is 0 Å². The van der Waals surface area contributed by atoms with Gasteiger partial charge < -0.3 is 0 Å². The molecule has 2 aliphatic rings. The monoisotopic (exact) mass is 449 g/mol. The van der Waals surface area contributed by atoms with Crippen molar-refractivity contribution in [2.45, 2.75) is 32.7 Å². The van der Waals surface area contributed by atoms with Crippen molar-refractivity contribution in [1.82, 2.24) is 18.6 Å². The fourth-order valence-corrected chi connectivity index (χ4v) is 6.45. The van der Waals surface area contributed by atoms with E-state index in [9.17, 15) is 0 Å². The molecule has 0 saturated carbocycles. The van der Waals surface area contributed by atoms with Gasteiger partial charge in [0.25, 0.3) is 0 Å². The van der Waals surface area contributed by atoms with Crippen molar-refractivity contribution in [2.24, 2.45) is 17.8 Å². The van der Waals surface area contributed by atoms with Crippen molar-refractivity contribution in [3.05, 3.63) is 12.2 Å². The molecule has 0 aromatic rings. The zero-order valence-electron chi connectivity index (χ0n) is 16.1. The third kappa shape index (κ3) is 6.90. The molecule has 142 valence electrons. The van der Waals surface area contributed by atoms with Crippen molar-refractivity contribution in [2.75, 3.05) is 57.8 Å². The van der Waals surface area contributed by atoms with Gasteiger partial charge in [-0.1, -0.05) is 26.0 Å². The van der Waals surface area contributed by atoms with Gasteiger partial charge in [0, 0.05) is 0 Å². The number of nitrogens with zero attached hydrogens (tertiary/aromatic N) is 2. The van der Waals surface area contributed by atoms with Crippen molar-refractivity contribution in [3.8, 4) is 0 Å². The fraction of sp³-hybridized carbons (Fsp3) is 0.895. The normalized spacial score (nSPS) is 31.4. The number of allylic oxidation sites excluding steroid dienone is 2. The first-order chi connectivity index (χ1) is 11.6. The molecule has 1 fully saturated rings. The summed E-state index contributed by atoms with van der Waals surface area (Å²) < 4.78 is 4.96. The van der Waals surface area contributed by atoms with E-state index in [1.807, 2.05) is 0 Å². The van der Waals surface area contributed by atoms with Crippen LogP contribution in [-0.2, 0) is 0 Å². The van der Waals surface area contributed by atoms with E-state index in [0.717, 1.165) is 43.4 Å². The number of rotatable bonds is 9. The number of alkyl halides is 1. The van der Waals surface area contributed by atoms with Crippen LogP contribution in [0.2, 0.25) is 0 Å². The number of hydrogen-bond donors (Lipinski definition) is 2. The molecule has 1 aliphatic heterocycles. The number of nitrogens with one attached hydrogen (secondary N) is 2. The molecule has 0 aromatic carbocycles. The molecule has 1 saturated heterocycles. The summed E-state index contributed by atoms with van der Waals surface area (Å²) in [6.45, 7) is 11.8. The summed E-state index contributed by atoms with van der Waals surface area (Å²) in [5.74, 6) is 2.36. The van der Waals surface area contributed by atoms with E-state index in [4.69, 9.17) is 0 Å². The maximum absolute atomic E-state index is 3.64. The standard InChI is InChI=1S/C19H38IN4/c1-16-6-5-7-17(2)19(16)15-23(3)12-10-21-11-13-24(4)18-8-9-22-20-14-18/h5-6,16-19,21-22H,7-15H2,1-4H3/q-1/t16-,17?,18?,19+/m1/s1.